The molecule has 1 aromatic carbocycles. The molecule has 134 valence electrons. The minimum Gasteiger partial charge on any atom is -0.324 e. The summed E-state index contributed by atoms with van der Waals surface area (Å²) in [6.45, 7) is 2.83. The molecule has 0 saturated carbocycles. The number of nitrogens with zero attached hydrogens (tertiary/aromatic N) is 3. The highest BCUT2D eigenvalue weighted by molar-refractivity contribution is 7.89. The molecule has 1 aromatic heterocycles. The number of carbonyl (C=O) groups is 1. The lowest BCUT2D eigenvalue weighted by molar-refractivity contribution is -0.119. The van der Waals surface area contributed by atoms with Crippen LogP contribution in [0.15, 0.2) is 47.6 Å². The lowest BCUT2D eigenvalue weighted by Crippen LogP contribution is -2.35. The van der Waals surface area contributed by atoms with Gasteiger partial charge in [0, 0.05) is 31.2 Å². The van der Waals surface area contributed by atoms with Gasteiger partial charge in [0.05, 0.1) is 4.90 Å². The zero-order valence-corrected chi connectivity index (χ0v) is 14.9. The number of nitrogens with one attached hydrogen (secondary N) is 1. The first-order chi connectivity index (χ1) is 12.0. The van der Waals surface area contributed by atoms with E-state index in [1.807, 2.05) is 0 Å². The Morgan fingerprint density at radius 1 is 1.20 bits per heavy atom. The average Bonchev–Trinajstić information content (AvgIpc) is 3.16. The van der Waals surface area contributed by atoms with Crippen LogP contribution in [0.5, 0.6) is 0 Å². The third kappa shape index (κ3) is 3.91. The molecule has 0 spiro atoms. The van der Waals surface area contributed by atoms with Crippen LogP contribution >= 0.6 is 0 Å². The highest BCUT2D eigenvalue weighted by atomic mass is 32.2. The van der Waals surface area contributed by atoms with Crippen molar-refractivity contribution in [1.29, 1.82) is 0 Å². The number of rotatable bonds is 5. The number of hydrogen-bond acceptors (Lipinski definition) is 4. The molecule has 1 fully saturated rings. The van der Waals surface area contributed by atoms with E-state index < -0.39 is 16.1 Å². The van der Waals surface area contributed by atoms with Crippen molar-refractivity contribution in [1.82, 2.24) is 14.1 Å². The molecule has 1 atom stereocenters. The third-order valence-electron chi connectivity index (χ3n) is 4.36. The maximum atomic E-state index is 12.7. The zero-order valence-electron chi connectivity index (χ0n) is 14.1. The Morgan fingerprint density at radius 3 is 2.64 bits per heavy atom. The first-order valence-electron chi connectivity index (χ1n) is 8.39. The minimum atomic E-state index is -3.52. The number of aromatic nitrogens is 2. The van der Waals surface area contributed by atoms with Crippen LogP contribution in [0.1, 0.15) is 32.2 Å². The fourth-order valence-corrected chi connectivity index (χ4v) is 4.43. The smallest absolute Gasteiger partial charge is 0.248 e. The standard InChI is InChI=1S/C17H22N4O3S/c1-14(21-12-6-9-18-21)17(22)19-15-7-5-8-16(13-15)25(23,24)20-10-3-2-4-11-20/h5-9,12-14H,2-4,10-11H2,1H3,(H,19,22)/t14-/m1/s1. The van der Waals surface area contributed by atoms with E-state index in [1.165, 1.54) is 10.4 Å². The van der Waals surface area contributed by atoms with Gasteiger partial charge in [-0.2, -0.15) is 9.40 Å². The highest BCUT2D eigenvalue weighted by Crippen LogP contribution is 2.23. The summed E-state index contributed by atoms with van der Waals surface area (Å²) in [6, 6.07) is 7.66. The SMILES string of the molecule is C[C@H](C(=O)Nc1cccc(S(=O)(=O)N2CCCCC2)c1)n1cccn1. The lowest BCUT2D eigenvalue weighted by atomic mass is 10.2. The molecule has 8 heteroatoms. The Hall–Kier alpha value is -2.19. The molecule has 2 heterocycles. The normalized spacial score (nSPS) is 17.2. The number of piperidine rings is 1. The number of sulfonamides is 1. The number of carbonyl (C=O) groups excluding carboxylic acids is 1. The molecule has 1 amide bonds. The van der Waals surface area contributed by atoms with Gasteiger partial charge in [-0.25, -0.2) is 8.42 Å². The molecule has 25 heavy (non-hydrogen) atoms. The van der Waals surface area contributed by atoms with Gasteiger partial charge in [-0.3, -0.25) is 9.48 Å². The monoisotopic (exact) mass is 362 g/mol. The van der Waals surface area contributed by atoms with Gasteiger partial charge in [0.1, 0.15) is 6.04 Å². The van der Waals surface area contributed by atoms with Crippen molar-refractivity contribution in [3.63, 3.8) is 0 Å². The Balaban J connectivity index is 1.76. The first-order valence-corrected chi connectivity index (χ1v) is 9.83. The summed E-state index contributed by atoms with van der Waals surface area (Å²) in [4.78, 5) is 12.5. The third-order valence-corrected chi connectivity index (χ3v) is 6.25. The summed E-state index contributed by atoms with van der Waals surface area (Å²) < 4.78 is 28.6. The van der Waals surface area contributed by atoms with Gasteiger partial charge in [0.25, 0.3) is 0 Å². The molecule has 3 rings (SSSR count). The quantitative estimate of drug-likeness (QED) is 0.884. The van der Waals surface area contributed by atoms with Crippen molar-refractivity contribution in [3.05, 3.63) is 42.7 Å². The van der Waals surface area contributed by atoms with Crippen molar-refractivity contribution in [3.8, 4) is 0 Å². The van der Waals surface area contributed by atoms with Gasteiger partial charge in [0.15, 0.2) is 0 Å². The van der Waals surface area contributed by atoms with E-state index in [-0.39, 0.29) is 10.8 Å². The molecule has 1 N–H and O–H groups in total. The van der Waals surface area contributed by atoms with Crippen molar-refractivity contribution in [2.45, 2.75) is 37.1 Å². The van der Waals surface area contributed by atoms with E-state index >= 15 is 0 Å². The molecule has 1 saturated heterocycles. The number of benzene rings is 1. The van der Waals surface area contributed by atoms with Crippen LogP contribution in [-0.4, -0.2) is 41.5 Å². The molecule has 0 unspecified atom stereocenters. The fourth-order valence-electron chi connectivity index (χ4n) is 2.87. The van der Waals surface area contributed by atoms with E-state index in [1.54, 1.807) is 48.3 Å². The molecule has 7 nitrogen and oxygen atoms in total. The molecule has 0 aliphatic carbocycles. The van der Waals surface area contributed by atoms with Crippen LogP contribution in [0.25, 0.3) is 0 Å². The van der Waals surface area contributed by atoms with Crippen molar-refractivity contribution >= 4 is 21.6 Å². The first kappa shape index (κ1) is 17.6. The Bertz CT molecular complexity index is 827. The summed E-state index contributed by atoms with van der Waals surface area (Å²) >= 11 is 0. The summed E-state index contributed by atoms with van der Waals surface area (Å²) in [5.41, 5.74) is 0.460. The summed E-state index contributed by atoms with van der Waals surface area (Å²) in [7, 11) is -3.52. The van der Waals surface area contributed by atoms with E-state index in [2.05, 4.69) is 10.4 Å². The van der Waals surface area contributed by atoms with Crippen LogP contribution in [0.2, 0.25) is 0 Å². The predicted octanol–water partition coefficient (Wildman–Crippen LogP) is 2.26. The van der Waals surface area contributed by atoms with Crippen molar-refractivity contribution < 1.29 is 13.2 Å². The molecule has 1 aliphatic heterocycles. The van der Waals surface area contributed by atoms with Gasteiger partial charge in [-0.15, -0.1) is 0 Å². The van der Waals surface area contributed by atoms with Gasteiger partial charge in [-0.05, 0) is 44.0 Å². The summed E-state index contributed by atoms with van der Waals surface area (Å²) in [5.74, 6) is -0.253. The topological polar surface area (TPSA) is 84.3 Å². The molecular formula is C17H22N4O3S. The van der Waals surface area contributed by atoms with Crippen molar-refractivity contribution in [2.24, 2.45) is 0 Å². The lowest BCUT2D eigenvalue weighted by Gasteiger charge is -2.26. The Labute approximate surface area is 147 Å². The van der Waals surface area contributed by atoms with Gasteiger partial charge in [0.2, 0.25) is 15.9 Å². The molecular weight excluding hydrogens is 340 g/mol. The van der Waals surface area contributed by atoms with E-state index in [9.17, 15) is 13.2 Å². The van der Waals surface area contributed by atoms with Gasteiger partial charge >= 0.3 is 0 Å². The van der Waals surface area contributed by atoms with E-state index in [4.69, 9.17) is 0 Å². The minimum absolute atomic E-state index is 0.207. The molecule has 1 aliphatic rings. The van der Waals surface area contributed by atoms with Gasteiger partial charge in [-0.1, -0.05) is 12.5 Å². The largest absolute Gasteiger partial charge is 0.324 e. The number of amides is 1. The van der Waals surface area contributed by atoms with Gasteiger partial charge < -0.3 is 5.32 Å². The van der Waals surface area contributed by atoms with Crippen LogP contribution in [0, 0.1) is 0 Å². The fraction of sp³-hybridized carbons (Fsp3) is 0.412. The van der Waals surface area contributed by atoms with Crippen molar-refractivity contribution in [2.75, 3.05) is 18.4 Å². The Kier molecular flexibility index (Phi) is 5.19. The second kappa shape index (κ2) is 7.37. The van der Waals surface area contributed by atoms with E-state index in [0.717, 1.165) is 19.3 Å². The molecule has 0 bridgehead atoms. The highest BCUT2D eigenvalue weighted by Gasteiger charge is 2.26. The number of anilines is 1. The van der Waals surface area contributed by atoms with Crippen LogP contribution in [0.3, 0.4) is 0 Å². The second-order valence-corrected chi connectivity index (χ2v) is 8.08. The Morgan fingerprint density at radius 2 is 1.96 bits per heavy atom. The van der Waals surface area contributed by atoms with Crippen LogP contribution < -0.4 is 5.32 Å². The summed E-state index contributed by atoms with van der Waals surface area (Å²) in [5, 5.41) is 6.81. The maximum Gasteiger partial charge on any atom is 0.248 e. The maximum absolute atomic E-state index is 12.7. The number of hydrogen-bond donors (Lipinski definition) is 1. The van der Waals surface area contributed by atoms with Crippen LogP contribution in [-0.2, 0) is 14.8 Å². The van der Waals surface area contributed by atoms with E-state index in [0.29, 0.717) is 18.8 Å². The second-order valence-electron chi connectivity index (χ2n) is 6.14. The molecule has 2 aromatic rings. The molecule has 0 radical (unpaired) electrons. The van der Waals surface area contributed by atoms with Crippen LogP contribution in [0.4, 0.5) is 5.69 Å². The summed E-state index contributed by atoms with van der Waals surface area (Å²) in [6.07, 6.45) is 6.15. The predicted molar refractivity (Wildman–Crippen MR) is 94.6 cm³/mol. The zero-order chi connectivity index (χ0) is 17.9. The average molecular weight is 362 g/mol.